The molecule has 4 nitrogen and oxygen atoms in total. The highest BCUT2D eigenvalue weighted by molar-refractivity contribution is 5.00. The molecule has 1 rings (SSSR count). The molecule has 1 unspecified atom stereocenters. The number of morpholine rings is 1. The summed E-state index contributed by atoms with van der Waals surface area (Å²) in [4.78, 5) is 2.36. The zero-order valence-electron chi connectivity index (χ0n) is 8.83. The number of nitriles is 1. The molecule has 0 bridgehead atoms. The van der Waals surface area contributed by atoms with E-state index in [4.69, 9.17) is 15.7 Å². The van der Waals surface area contributed by atoms with Gasteiger partial charge in [-0.25, -0.2) is 0 Å². The lowest BCUT2D eigenvalue weighted by atomic mass is 9.99. The molecule has 2 N–H and O–H groups in total. The van der Waals surface area contributed by atoms with Crippen molar-refractivity contribution >= 4 is 0 Å². The first-order valence-electron chi connectivity index (χ1n) is 5.14. The van der Waals surface area contributed by atoms with Crippen LogP contribution in [0, 0.1) is 11.3 Å². The van der Waals surface area contributed by atoms with Crippen LogP contribution in [0.2, 0.25) is 0 Å². The first kappa shape index (κ1) is 11.4. The summed E-state index contributed by atoms with van der Waals surface area (Å²) in [7, 11) is 0. The zero-order valence-corrected chi connectivity index (χ0v) is 8.83. The molecular formula is C10H19N3O. The highest BCUT2D eigenvalue weighted by Gasteiger charge is 2.17. The lowest BCUT2D eigenvalue weighted by Crippen LogP contribution is -2.39. The standard InChI is InChI=1S/C10H19N3O/c1-10(12,9-11)3-2-4-13-5-7-14-8-6-13/h2-8,12H2,1H3. The van der Waals surface area contributed by atoms with Gasteiger partial charge in [0.25, 0.3) is 0 Å². The smallest absolute Gasteiger partial charge is 0.101 e. The average molecular weight is 197 g/mol. The minimum atomic E-state index is -0.660. The van der Waals surface area contributed by atoms with Crippen molar-refractivity contribution in [3.8, 4) is 6.07 Å². The van der Waals surface area contributed by atoms with Crippen LogP contribution in [0.15, 0.2) is 0 Å². The van der Waals surface area contributed by atoms with Gasteiger partial charge in [0.2, 0.25) is 0 Å². The van der Waals surface area contributed by atoms with E-state index >= 15 is 0 Å². The number of ether oxygens (including phenoxy) is 1. The van der Waals surface area contributed by atoms with Gasteiger partial charge in [0.1, 0.15) is 5.54 Å². The first-order valence-corrected chi connectivity index (χ1v) is 5.14. The summed E-state index contributed by atoms with van der Waals surface area (Å²) in [6.45, 7) is 6.49. The molecule has 0 aliphatic carbocycles. The zero-order chi connectivity index (χ0) is 10.4. The number of nitrogens with zero attached hydrogens (tertiary/aromatic N) is 2. The molecular weight excluding hydrogens is 178 g/mol. The normalized spacial score (nSPS) is 22.6. The van der Waals surface area contributed by atoms with Crippen molar-refractivity contribution in [2.75, 3.05) is 32.8 Å². The van der Waals surface area contributed by atoms with Gasteiger partial charge < -0.3 is 10.5 Å². The summed E-state index contributed by atoms with van der Waals surface area (Å²) in [5, 5.41) is 8.72. The lowest BCUT2D eigenvalue weighted by molar-refractivity contribution is 0.0368. The Kier molecular flexibility index (Phi) is 4.33. The summed E-state index contributed by atoms with van der Waals surface area (Å²) in [5.41, 5.74) is 5.07. The Morgan fingerprint density at radius 3 is 2.71 bits per heavy atom. The van der Waals surface area contributed by atoms with Crippen LogP contribution < -0.4 is 5.73 Å². The van der Waals surface area contributed by atoms with E-state index in [-0.39, 0.29) is 0 Å². The monoisotopic (exact) mass is 197 g/mol. The molecule has 1 aliphatic rings. The van der Waals surface area contributed by atoms with Gasteiger partial charge in [-0.1, -0.05) is 0 Å². The molecule has 1 heterocycles. The second kappa shape index (κ2) is 5.30. The summed E-state index contributed by atoms with van der Waals surface area (Å²) in [5.74, 6) is 0. The lowest BCUT2D eigenvalue weighted by Gasteiger charge is -2.27. The van der Waals surface area contributed by atoms with E-state index in [0.717, 1.165) is 45.7 Å². The van der Waals surface area contributed by atoms with E-state index in [1.807, 2.05) is 0 Å². The molecule has 0 aromatic rings. The SMILES string of the molecule is CC(N)(C#N)CCCN1CCOCC1. The fourth-order valence-corrected chi connectivity index (χ4v) is 1.55. The predicted molar refractivity (Wildman–Crippen MR) is 54.7 cm³/mol. The van der Waals surface area contributed by atoms with Gasteiger partial charge in [0.05, 0.1) is 19.3 Å². The molecule has 0 saturated carbocycles. The predicted octanol–water partition coefficient (Wildman–Crippen LogP) is 0.340. The van der Waals surface area contributed by atoms with Gasteiger partial charge in [0.15, 0.2) is 0 Å². The second-order valence-electron chi connectivity index (χ2n) is 4.09. The largest absolute Gasteiger partial charge is 0.379 e. The molecule has 1 atom stereocenters. The van der Waals surface area contributed by atoms with Crippen molar-refractivity contribution < 1.29 is 4.74 Å². The fraction of sp³-hybridized carbons (Fsp3) is 0.900. The van der Waals surface area contributed by atoms with Crippen LogP contribution in [-0.2, 0) is 4.74 Å². The van der Waals surface area contributed by atoms with Crippen molar-refractivity contribution in [1.82, 2.24) is 4.90 Å². The van der Waals surface area contributed by atoms with Crippen LogP contribution in [0.5, 0.6) is 0 Å². The molecule has 0 radical (unpaired) electrons. The molecule has 0 aromatic carbocycles. The highest BCUT2D eigenvalue weighted by atomic mass is 16.5. The van der Waals surface area contributed by atoms with Crippen LogP contribution in [0.1, 0.15) is 19.8 Å². The minimum absolute atomic E-state index is 0.660. The van der Waals surface area contributed by atoms with Crippen molar-refractivity contribution in [2.45, 2.75) is 25.3 Å². The molecule has 0 aromatic heterocycles. The minimum Gasteiger partial charge on any atom is -0.379 e. The van der Waals surface area contributed by atoms with Gasteiger partial charge in [-0.05, 0) is 26.3 Å². The van der Waals surface area contributed by atoms with Crippen molar-refractivity contribution in [3.63, 3.8) is 0 Å². The average Bonchev–Trinajstić information content (AvgIpc) is 2.19. The molecule has 80 valence electrons. The highest BCUT2D eigenvalue weighted by Crippen LogP contribution is 2.08. The summed E-state index contributed by atoms with van der Waals surface area (Å²) in [6.07, 6.45) is 1.75. The Bertz CT molecular complexity index is 204. The van der Waals surface area contributed by atoms with E-state index < -0.39 is 5.54 Å². The van der Waals surface area contributed by atoms with Crippen molar-refractivity contribution in [1.29, 1.82) is 5.26 Å². The quantitative estimate of drug-likeness (QED) is 0.706. The Morgan fingerprint density at radius 2 is 2.14 bits per heavy atom. The van der Waals surface area contributed by atoms with E-state index in [1.54, 1.807) is 6.92 Å². The molecule has 0 spiro atoms. The number of rotatable bonds is 4. The first-order chi connectivity index (χ1) is 6.64. The third kappa shape index (κ3) is 4.05. The number of nitrogens with two attached hydrogens (primary N) is 1. The Labute approximate surface area is 85.6 Å². The Morgan fingerprint density at radius 1 is 1.50 bits per heavy atom. The van der Waals surface area contributed by atoms with Crippen LogP contribution >= 0.6 is 0 Å². The fourth-order valence-electron chi connectivity index (χ4n) is 1.55. The number of hydrogen-bond donors (Lipinski definition) is 1. The summed E-state index contributed by atoms with van der Waals surface area (Å²) >= 11 is 0. The van der Waals surface area contributed by atoms with Crippen LogP contribution in [0.25, 0.3) is 0 Å². The van der Waals surface area contributed by atoms with Gasteiger partial charge in [0, 0.05) is 13.1 Å². The molecule has 14 heavy (non-hydrogen) atoms. The van der Waals surface area contributed by atoms with Gasteiger partial charge in [-0.2, -0.15) is 5.26 Å². The maximum Gasteiger partial charge on any atom is 0.101 e. The number of hydrogen-bond acceptors (Lipinski definition) is 4. The van der Waals surface area contributed by atoms with Gasteiger partial charge >= 0.3 is 0 Å². The van der Waals surface area contributed by atoms with Gasteiger partial charge in [-0.3, -0.25) is 4.90 Å². The van der Waals surface area contributed by atoms with Crippen LogP contribution in [0.4, 0.5) is 0 Å². The Hall–Kier alpha value is -0.630. The maximum atomic E-state index is 8.72. The van der Waals surface area contributed by atoms with E-state index in [2.05, 4.69) is 11.0 Å². The molecule has 4 heteroatoms. The Balaban J connectivity index is 2.12. The maximum absolute atomic E-state index is 8.72. The molecule has 1 saturated heterocycles. The van der Waals surface area contributed by atoms with Gasteiger partial charge in [-0.15, -0.1) is 0 Å². The van der Waals surface area contributed by atoms with Crippen molar-refractivity contribution in [2.24, 2.45) is 5.73 Å². The third-order valence-electron chi connectivity index (χ3n) is 2.53. The summed E-state index contributed by atoms with van der Waals surface area (Å²) in [6, 6.07) is 2.11. The van der Waals surface area contributed by atoms with Crippen LogP contribution in [-0.4, -0.2) is 43.3 Å². The van der Waals surface area contributed by atoms with Crippen molar-refractivity contribution in [3.05, 3.63) is 0 Å². The van der Waals surface area contributed by atoms with E-state index in [1.165, 1.54) is 0 Å². The topological polar surface area (TPSA) is 62.3 Å². The van der Waals surface area contributed by atoms with E-state index in [9.17, 15) is 0 Å². The molecule has 0 amide bonds. The van der Waals surface area contributed by atoms with E-state index in [0.29, 0.717) is 0 Å². The van der Waals surface area contributed by atoms with Crippen LogP contribution in [0.3, 0.4) is 0 Å². The second-order valence-corrected chi connectivity index (χ2v) is 4.09. The molecule has 1 aliphatic heterocycles. The third-order valence-corrected chi connectivity index (χ3v) is 2.53. The summed E-state index contributed by atoms with van der Waals surface area (Å²) < 4.78 is 5.25. The molecule has 1 fully saturated rings.